The summed E-state index contributed by atoms with van der Waals surface area (Å²) in [6, 6.07) is 8.16. The molecule has 0 aliphatic rings. The van der Waals surface area contributed by atoms with E-state index < -0.39 is 0 Å². The van der Waals surface area contributed by atoms with Gasteiger partial charge in [-0.05, 0) is 45.0 Å². The Kier molecular flexibility index (Phi) is 5.15. The Morgan fingerprint density at radius 2 is 1.88 bits per heavy atom. The Labute approximate surface area is 111 Å². The van der Waals surface area contributed by atoms with Gasteiger partial charge in [0.1, 0.15) is 0 Å². The fourth-order valence-electron chi connectivity index (χ4n) is 1.74. The second-order valence-corrected chi connectivity index (χ2v) is 5.68. The minimum Gasteiger partial charge on any atom is -0.350 e. The van der Waals surface area contributed by atoms with E-state index in [1.54, 1.807) is 7.05 Å². The van der Waals surface area contributed by atoms with Gasteiger partial charge in [-0.2, -0.15) is 0 Å². The molecular formula is C13H19BrN2O. The predicted molar refractivity (Wildman–Crippen MR) is 74.0 cm³/mol. The van der Waals surface area contributed by atoms with Crippen molar-refractivity contribution in [3.05, 3.63) is 34.3 Å². The van der Waals surface area contributed by atoms with Gasteiger partial charge >= 0.3 is 0 Å². The molecule has 0 aliphatic carbocycles. The highest BCUT2D eigenvalue weighted by molar-refractivity contribution is 9.10. The van der Waals surface area contributed by atoms with E-state index in [4.69, 9.17) is 0 Å². The first-order valence-corrected chi connectivity index (χ1v) is 6.42. The van der Waals surface area contributed by atoms with Crippen LogP contribution in [0.1, 0.15) is 19.4 Å². The molecule has 0 aromatic heterocycles. The lowest BCUT2D eigenvalue weighted by Crippen LogP contribution is -2.47. The quantitative estimate of drug-likeness (QED) is 0.874. The molecule has 0 heterocycles. The van der Waals surface area contributed by atoms with E-state index in [9.17, 15) is 4.79 Å². The average Bonchev–Trinajstić information content (AvgIpc) is 2.20. The van der Waals surface area contributed by atoms with Gasteiger partial charge in [0.15, 0.2) is 0 Å². The summed E-state index contributed by atoms with van der Waals surface area (Å²) < 4.78 is 1.07. The van der Waals surface area contributed by atoms with Crippen LogP contribution in [0.5, 0.6) is 0 Å². The largest absolute Gasteiger partial charge is 0.350 e. The highest BCUT2D eigenvalue weighted by Gasteiger charge is 2.20. The fraction of sp³-hybridized carbons (Fsp3) is 0.462. The molecule has 17 heavy (non-hydrogen) atoms. The number of benzene rings is 1. The van der Waals surface area contributed by atoms with E-state index in [1.807, 2.05) is 26.0 Å². The topological polar surface area (TPSA) is 41.1 Å². The van der Waals surface area contributed by atoms with Crippen molar-refractivity contribution < 1.29 is 4.79 Å². The molecule has 1 aromatic carbocycles. The summed E-state index contributed by atoms with van der Waals surface area (Å²) in [5, 5.41) is 5.85. The number of amides is 1. The molecule has 0 atom stereocenters. The second kappa shape index (κ2) is 6.17. The molecule has 0 bridgehead atoms. The summed E-state index contributed by atoms with van der Waals surface area (Å²) in [7, 11) is 1.77. The van der Waals surface area contributed by atoms with Crippen LogP contribution in [0.15, 0.2) is 28.7 Å². The van der Waals surface area contributed by atoms with Crippen LogP contribution in [-0.4, -0.2) is 25.0 Å². The minimum absolute atomic E-state index is 0.0228. The van der Waals surface area contributed by atoms with Crippen LogP contribution in [0.4, 0.5) is 0 Å². The van der Waals surface area contributed by atoms with Gasteiger partial charge in [-0.15, -0.1) is 0 Å². The standard InChI is InChI=1S/C13H19BrN2O/c1-13(2,16-12(17)9-15-3)8-10-4-6-11(14)7-5-10/h4-7,15H,8-9H2,1-3H3,(H,16,17). The third-order valence-electron chi connectivity index (χ3n) is 2.37. The smallest absolute Gasteiger partial charge is 0.234 e. The lowest BCUT2D eigenvalue weighted by atomic mass is 9.95. The van der Waals surface area contributed by atoms with Crippen molar-refractivity contribution in [2.45, 2.75) is 25.8 Å². The van der Waals surface area contributed by atoms with Crippen molar-refractivity contribution in [2.75, 3.05) is 13.6 Å². The minimum atomic E-state index is -0.234. The van der Waals surface area contributed by atoms with Crippen molar-refractivity contribution in [3.8, 4) is 0 Å². The van der Waals surface area contributed by atoms with Crippen molar-refractivity contribution in [1.82, 2.24) is 10.6 Å². The van der Waals surface area contributed by atoms with Gasteiger partial charge in [-0.25, -0.2) is 0 Å². The zero-order chi connectivity index (χ0) is 12.9. The van der Waals surface area contributed by atoms with E-state index >= 15 is 0 Å². The maximum atomic E-state index is 11.5. The molecule has 4 heteroatoms. The molecule has 3 nitrogen and oxygen atoms in total. The first kappa shape index (κ1) is 14.2. The Morgan fingerprint density at radius 1 is 1.29 bits per heavy atom. The predicted octanol–water partition coefficient (Wildman–Crippen LogP) is 2.11. The van der Waals surface area contributed by atoms with E-state index in [0.717, 1.165) is 10.9 Å². The fourth-order valence-corrected chi connectivity index (χ4v) is 2.00. The number of carbonyl (C=O) groups excluding carboxylic acids is 1. The normalized spacial score (nSPS) is 11.3. The van der Waals surface area contributed by atoms with Gasteiger partial charge in [0.05, 0.1) is 6.54 Å². The van der Waals surface area contributed by atoms with Gasteiger partial charge in [-0.1, -0.05) is 28.1 Å². The van der Waals surface area contributed by atoms with Gasteiger partial charge in [0, 0.05) is 10.0 Å². The van der Waals surface area contributed by atoms with E-state index in [-0.39, 0.29) is 11.4 Å². The third kappa shape index (κ3) is 5.33. The van der Waals surface area contributed by atoms with Crippen LogP contribution in [0.25, 0.3) is 0 Å². The Bertz CT molecular complexity index is 374. The molecule has 0 radical (unpaired) electrons. The number of hydrogen-bond acceptors (Lipinski definition) is 2. The molecule has 0 spiro atoms. The number of rotatable bonds is 5. The number of carbonyl (C=O) groups is 1. The van der Waals surface area contributed by atoms with Crippen LogP contribution < -0.4 is 10.6 Å². The van der Waals surface area contributed by atoms with Crippen molar-refractivity contribution in [2.24, 2.45) is 0 Å². The van der Waals surface area contributed by atoms with Crippen molar-refractivity contribution in [3.63, 3.8) is 0 Å². The summed E-state index contributed by atoms with van der Waals surface area (Å²) >= 11 is 3.41. The highest BCUT2D eigenvalue weighted by Crippen LogP contribution is 2.16. The average molecular weight is 299 g/mol. The molecule has 1 amide bonds. The zero-order valence-corrected chi connectivity index (χ0v) is 12.1. The number of likely N-dealkylation sites (N-methyl/N-ethyl adjacent to an activating group) is 1. The van der Waals surface area contributed by atoms with Gasteiger partial charge in [-0.3, -0.25) is 4.79 Å². The maximum Gasteiger partial charge on any atom is 0.234 e. The Morgan fingerprint density at radius 3 is 2.41 bits per heavy atom. The molecular weight excluding hydrogens is 280 g/mol. The van der Waals surface area contributed by atoms with E-state index in [2.05, 4.69) is 38.7 Å². The molecule has 1 aromatic rings. The summed E-state index contributed by atoms with van der Waals surface area (Å²) in [4.78, 5) is 11.5. The van der Waals surface area contributed by atoms with Crippen molar-refractivity contribution >= 4 is 21.8 Å². The van der Waals surface area contributed by atoms with E-state index in [0.29, 0.717) is 6.54 Å². The summed E-state index contributed by atoms with van der Waals surface area (Å²) in [6.45, 7) is 4.41. The summed E-state index contributed by atoms with van der Waals surface area (Å²) in [5.41, 5.74) is 0.977. The van der Waals surface area contributed by atoms with Crippen molar-refractivity contribution in [1.29, 1.82) is 0 Å². The zero-order valence-electron chi connectivity index (χ0n) is 10.5. The molecule has 0 fully saturated rings. The van der Waals surface area contributed by atoms with Crippen LogP contribution in [0, 0.1) is 0 Å². The summed E-state index contributed by atoms with van der Waals surface area (Å²) in [6.07, 6.45) is 0.815. The number of nitrogens with one attached hydrogen (secondary N) is 2. The molecule has 1 rings (SSSR count). The SMILES string of the molecule is CNCC(=O)NC(C)(C)Cc1ccc(Br)cc1. The number of halogens is 1. The molecule has 0 aliphatic heterocycles. The second-order valence-electron chi connectivity index (χ2n) is 4.77. The molecule has 2 N–H and O–H groups in total. The van der Waals surface area contributed by atoms with E-state index in [1.165, 1.54) is 5.56 Å². The maximum absolute atomic E-state index is 11.5. The van der Waals surface area contributed by atoms with Gasteiger partial charge in [0.25, 0.3) is 0 Å². The Hall–Kier alpha value is -0.870. The molecule has 0 unspecified atom stereocenters. The molecule has 0 saturated heterocycles. The highest BCUT2D eigenvalue weighted by atomic mass is 79.9. The van der Waals surface area contributed by atoms with Gasteiger partial charge < -0.3 is 10.6 Å². The lowest BCUT2D eigenvalue weighted by Gasteiger charge is -2.26. The van der Waals surface area contributed by atoms with Gasteiger partial charge in [0.2, 0.25) is 5.91 Å². The lowest BCUT2D eigenvalue weighted by molar-refractivity contribution is -0.121. The molecule has 94 valence electrons. The van der Waals surface area contributed by atoms with Crippen LogP contribution >= 0.6 is 15.9 Å². The number of hydrogen-bond donors (Lipinski definition) is 2. The van der Waals surface area contributed by atoms with Crippen LogP contribution in [-0.2, 0) is 11.2 Å². The Balaban J connectivity index is 2.59. The first-order chi connectivity index (χ1) is 7.93. The van der Waals surface area contributed by atoms with Crippen LogP contribution in [0.2, 0.25) is 0 Å². The third-order valence-corrected chi connectivity index (χ3v) is 2.90. The van der Waals surface area contributed by atoms with Crippen LogP contribution in [0.3, 0.4) is 0 Å². The summed E-state index contributed by atoms with van der Waals surface area (Å²) in [5.74, 6) is 0.0228. The monoisotopic (exact) mass is 298 g/mol. The first-order valence-electron chi connectivity index (χ1n) is 5.63. The molecule has 0 saturated carbocycles.